The zero-order valence-electron chi connectivity index (χ0n) is 8.25. The second-order valence-corrected chi connectivity index (χ2v) is 4.05. The number of hydrogen-bond acceptors (Lipinski definition) is 2. The molecule has 0 aromatic carbocycles. The molecular weight excluding hydrogens is 160 g/mol. The Hall–Kier alpha value is -1.05. The van der Waals surface area contributed by atoms with Crippen LogP contribution >= 0.6 is 0 Å². The van der Waals surface area contributed by atoms with Crippen LogP contribution in [-0.4, -0.2) is 11.0 Å². The normalized spacial score (nSPS) is 16.2. The van der Waals surface area contributed by atoms with E-state index in [9.17, 15) is 0 Å². The van der Waals surface area contributed by atoms with Gasteiger partial charge in [-0.25, -0.2) is 0 Å². The largest absolute Gasteiger partial charge is 0.382 e. The smallest absolute Gasteiger partial charge is 0.0528 e. The van der Waals surface area contributed by atoms with E-state index < -0.39 is 0 Å². The maximum Gasteiger partial charge on any atom is 0.0528 e. The SMILES string of the molecule is CC(C)Nc1ccc(C2CC2)nc1. The van der Waals surface area contributed by atoms with Gasteiger partial charge in [0.05, 0.1) is 11.9 Å². The number of hydrogen-bond donors (Lipinski definition) is 1. The van der Waals surface area contributed by atoms with Gasteiger partial charge in [0.25, 0.3) is 0 Å². The lowest BCUT2D eigenvalue weighted by Gasteiger charge is -2.09. The summed E-state index contributed by atoms with van der Waals surface area (Å²) in [5.41, 5.74) is 2.38. The maximum atomic E-state index is 4.43. The average Bonchev–Trinajstić information content (AvgIpc) is 2.87. The fourth-order valence-corrected chi connectivity index (χ4v) is 1.44. The van der Waals surface area contributed by atoms with Crippen molar-refractivity contribution in [3.63, 3.8) is 0 Å². The Bertz CT molecular complexity index is 273. The number of rotatable bonds is 3. The zero-order chi connectivity index (χ0) is 9.26. The first-order valence-electron chi connectivity index (χ1n) is 4.98. The Labute approximate surface area is 79.4 Å². The topological polar surface area (TPSA) is 24.9 Å². The van der Waals surface area contributed by atoms with Crippen molar-refractivity contribution in [2.45, 2.75) is 38.6 Å². The quantitative estimate of drug-likeness (QED) is 0.766. The Morgan fingerprint density at radius 3 is 2.62 bits per heavy atom. The minimum atomic E-state index is 0.480. The molecule has 1 N–H and O–H groups in total. The van der Waals surface area contributed by atoms with Gasteiger partial charge in [-0.1, -0.05) is 0 Å². The van der Waals surface area contributed by atoms with Crippen molar-refractivity contribution in [1.82, 2.24) is 4.98 Å². The second kappa shape index (κ2) is 3.36. The summed E-state index contributed by atoms with van der Waals surface area (Å²) in [7, 11) is 0. The van der Waals surface area contributed by atoms with E-state index in [1.165, 1.54) is 18.5 Å². The molecule has 1 fully saturated rings. The van der Waals surface area contributed by atoms with Gasteiger partial charge in [0, 0.05) is 17.7 Å². The van der Waals surface area contributed by atoms with Crippen LogP contribution in [0.5, 0.6) is 0 Å². The molecule has 0 unspecified atom stereocenters. The van der Waals surface area contributed by atoms with Gasteiger partial charge in [0.15, 0.2) is 0 Å². The minimum absolute atomic E-state index is 0.480. The molecule has 2 nitrogen and oxygen atoms in total. The summed E-state index contributed by atoms with van der Waals surface area (Å²) in [6.07, 6.45) is 4.58. The van der Waals surface area contributed by atoms with Crippen LogP contribution in [0.25, 0.3) is 0 Å². The van der Waals surface area contributed by atoms with E-state index in [-0.39, 0.29) is 0 Å². The van der Waals surface area contributed by atoms with E-state index in [1.807, 2.05) is 6.20 Å². The van der Waals surface area contributed by atoms with E-state index in [0.717, 1.165) is 11.6 Å². The van der Waals surface area contributed by atoms with Crippen LogP contribution in [0, 0.1) is 0 Å². The molecule has 0 amide bonds. The number of nitrogens with zero attached hydrogens (tertiary/aromatic N) is 1. The van der Waals surface area contributed by atoms with Crippen molar-refractivity contribution in [3.8, 4) is 0 Å². The lowest BCUT2D eigenvalue weighted by Crippen LogP contribution is -2.09. The molecule has 0 saturated heterocycles. The monoisotopic (exact) mass is 176 g/mol. The lowest BCUT2D eigenvalue weighted by atomic mass is 10.2. The Kier molecular flexibility index (Phi) is 2.21. The third-order valence-electron chi connectivity index (χ3n) is 2.24. The molecule has 2 heteroatoms. The highest BCUT2D eigenvalue weighted by atomic mass is 14.9. The third-order valence-corrected chi connectivity index (χ3v) is 2.24. The predicted octanol–water partition coefficient (Wildman–Crippen LogP) is 2.78. The van der Waals surface area contributed by atoms with E-state index in [2.05, 4.69) is 36.3 Å². The molecule has 1 aliphatic rings. The molecule has 1 aliphatic carbocycles. The minimum Gasteiger partial charge on any atom is -0.382 e. The number of pyridine rings is 1. The van der Waals surface area contributed by atoms with Gasteiger partial charge >= 0.3 is 0 Å². The highest BCUT2D eigenvalue weighted by Crippen LogP contribution is 2.38. The summed E-state index contributed by atoms with van der Waals surface area (Å²) in [6, 6.07) is 4.75. The molecule has 2 rings (SSSR count). The fourth-order valence-electron chi connectivity index (χ4n) is 1.44. The highest BCUT2D eigenvalue weighted by Gasteiger charge is 2.24. The number of nitrogens with one attached hydrogen (secondary N) is 1. The van der Waals surface area contributed by atoms with Gasteiger partial charge in [-0.3, -0.25) is 4.98 Å². The number of aromatic nitrogens is 1. The zero-order valence-corrected chi connectivity index (χ0v) is 8.25. The summed E-state index contributed by atoms with van der Waals surface area (Å²) in [5, 5.41) is 3.33. The summed E-state index contributed by atoms with van der Waals surface area (Å²) in [4.78, 5) is 4.43. The van der Waals surface area contributed by atoms with Crippen molar-refractivity contribution in [3.05, 3.63) is 24.0 Å². The van der Waals surface area contributed by atoms with Crippen molar-refractivity contribution >= 4 is 5.69 Å². The molecule has 13 heavy (non-hydrogen) atoms. The van der Waals surface area contributed by atoms with Crippen molar-refractivity contribution in [1.29, 1.82) is 0 Å². The standard InChI is InChI=1S/C11H16N2/c1-8(2)13-10-5-6-11(12-7-10)9-3-4-9/h5-9,13H,3-4H2,1-2H3. The molecule has 0 bridgehead atoms. The molecule has 1 aromatic heterocycles. The molecule has 0 atom stereocenters. The number of anilines is 1. The van der Waals surface area contributed by atoms with Crippen LogP contribution in [0.4, 0.5) is 5.69 Å². The van der Waals surface area contributed by atoms with Gasteiger partial charge in [0.1, 0.15) is 0 Å². The molecule has 0 aliphatic heterocycles. The van der Waals surface area contributed by atoms with Gasteiger partial charge < -0.3 is 5.32 Å². The first-order chi connectivity index (χ1) is 6.25. The van der Waals surface area contributed by atoms with Crippen LogP contribution in [0.1, 0.15) is 38.3 Å². The molecule has 0 spiro atoms. The second-order valence-electron chi connectivity index (χ2n) is 4.05. The van der Waals surface area contributed by atoms with Crippen molar-refractivity contribution < 1.29 is 0 Å². The van der Waals surface area contributed by atoms with Gasteiger partial charge in [-0.05, 0) is 38.8 Å². The molecule has 1 heterocycles. The van der Waals surface area contributed by atoms with Crippen LogP contribution in [0.2, 0.25) is 0 Å². The van der Waals surface area contributed by atoms with Gasteiger partial charge in [-0.2, -0.15) is 0 Å². The predicted molar refractivity (Wildman–Crippen MR) is 55.0 cm³/mol. The summed E-state index contributed by atoms with van der Waals surface area (Å²) in [6.45, 7) is 4.27. The Morgan fingerprint density at radius 1 is 1.38 bits per heavy atom. The highest BCUT2D eigenvalue weighted by molar-refractivity contribution is 5.42. The molecule has 70 valence electrons. The van der Waals surface area contributed by atoms with Gasteiger partial charge in [-0.15, -0.1) is 0 Å². The van der Waals surface area contributed by atoms with Crippen molar-refractivity contribution in [2.75, 3.05) is 5.32 Å². The first-order valence-corrected chi connectivity index (χ1v) is 4.98. The van der Waals surface area contributed by atoms with Crippen molar-refractivity contribution in [2.24, 2.45) is 0 Å². The van der Waals surface area contributed by atoms with E-state index in [0.29, 0.717) is 6.04 Å². The summed E-state index contributed by atoms with van der Waals surface area (Å²) < 4.78 is 0. The first kappa shape index (κ1) is 8.54. The lowest BCUT2D eigenvalue weighted by molar-refractivity contribution is 0.895. The average molecular weight is 176 g/mol. The Morgan fingerprint density at radius 2 is 2.15 bits per heavy atom. The van der Waals surface area contributed by atoms with Gasteiger partial charge in [0.2, 0.25) is 0 Å². The fraction of sp³-hybridized carbons (Fsp3) is 0.545. The maximum absolute atomic E-state index is 4.43. The van der Waals surface area contributed by atoms with E-state index >= 15 is 0 Å². The van der Waals surface area contributed by atoms with Crippen LogP contribution in [0.3, 0.4) is 0 Å². The van der Waals surface area contributed by atoms with Crippen LogP contribution in [0.15, 0.2) is 18.3 Å². The van der Waals surface area contributed by atoms with Crippen LogP contribution < -0.4 is 5.32 Å². The Balaban J connectivity index is 2.04. The van der Waals surface area contributed by atoms with Crippen LogP contribution in [-0.2, 0) is 0 Å². The molecule has 0 radical (unpaired) electrons. The third kappa shape index (κ3) is 2.20. The molecular formula is C11H16N2. The van der Waals surface area contributed by atoms with E-state index in [1.54, 1.807) is 0 Å². The summed E-state index contributed by atoms with van der Waals surface area (Å²) in [5.74, 6) is 0.757. The van der Waals surface area contributed by atoms with E-state index in [4.69, 9.17) is 0 Å². The summed E-state index contributed by atoms with van der Waals surface area (Å²) >= 11 is 0. The molecule has 1 saturated carbocycles. The molecule has 1 aromatic rings.